The Hall–Kier alpha value is -3.53. The molecule has 0 aromatic heterocycles. The number of aryl methyl sites for hydroxylation is 1. The third-order valence-corrected chi connectivity index (χ3v) is 6.10. The van der Waals surface area contributed by atoms with Crippen molar-refractivity contribution in [3.8, 4) is 5.75 Å². The summed E-state index contributed by atoms with van der Waals surface area (Å²) < 4.78 is 5.28. The van der Waals surface area contributed by atoms with E-state index >= 15 is 0 Å². The van der Waals surface area contributed by atoms with Gasteiger partial charge in [-0.1, -0.05) is 80.1 Å². The summed E-state index contributed by atoms with van der Waals surface area (Å²) in [5, 5.41) is 11.0. The third-order valence-electron chi connectivity index (χ3n) is 6.10. The van der Waals surface area contributed by atoms with Gasteiger partial charge in [-0.05, 0) is 47.2 Å². The lowest BCUT2D eigenvalue weighted by molar-refractivity contribution is -0.130. The molecule has 3 aromatic carbocycles. The SMILES string of the molecule is COc1ccc(C2=C(O)C(=O)N(Cc3ccc(C)cc3)[C@H]2c2ccc(C(C)C)cc2)cc1. The highest BCUT2D eigenvalue weighted by Gasteiger charge is 2.41. The van der Waals surface area contributed by atoms with Crippen molar-refractivity contribution in [2.45, 2.75) is 39.3 Å². The molecule has 1 aliphatic rings. The number of nitrogens with zero attached hydrogens (tertiary/aromatic N) is 1. The molecular weight excluding hydrogens is 398 g/mol. The van der Waals surface area contributed by atoms with Crippen LogP contribution < -0.4 is 4.74 Å². The first kappa shape index (κ1) is 21.7. The van der Waals surface area contributed by atoms with Gasteiger partial charge in [-0.15, -0.1) is 0 Å². The highest BCUT2D eigenvalue weighted by molar-refractivity contribution is 6.05. The normalized spacial score (nSPS) is 16.2. The zero-order valence-corrected chi connectivity index (χ0v) is 19.0. The van der Waals surface area contributed by atoms with E-state index in [0.29, 0.717) is 18.0 Å². The van der Waals surface area contributed by atoms with E-state index in [4.69, 9.17) is 4.74 Å². The summed E-state index contributed by atoms with van der Waals surface area (Å²) in [5.41, 5.74) is 5.84. The molecule has 0 aliphatic carbocycles. The van der Waals surface area contributed by atoms with Gasteiger partial charge in [0.2, 0.25) is 0 Å². The molecule has 0 bridgehead atoms. The Morgan fingerprint density at radius 3 is 2.12 bits per heavy atom. The number of hydrogen-bond donors (Lipinski definition) is 1. The summed E-state index contributed by atoms with van der Waals surface area (Å²) in [5.74, 6) is 0.602. The summed E-state index contributed by atoms with van der Waals surface area (Å²) >= 11 is 0. The predicted molar refractivity (Wildman–Crippen MR) is 128 cm³/mol. The molecule has 0 saturated carbocycles. The third kappa shape index (κ3) is 4.13. The van der Waals surface area contributed by atoms with Crippen molar-refractivity contribution in [2.75, 3.05) is 7.11 Å². The Bertz CT molecular complexity index is 1130. The number of carbonyl (C=O) groups excluding carboxylic acids is 1. The van der Waals surface area contributed by atoms with Gasteiger partial charge in [0.25, 0.3) is 5.91 Å². The zero-order chi connectivity index (χ0) is 22.8. The van der Waals surface area contributed by atoms with Gasteiger partial charge in [0.1, 0.15) is 5.75 Å². The minimum atomic E-state index is -0.376. The van der Waals surface area contributed by atoms with Crippen LogP contribution in [0.1, 0.15) is 53.6 Å². The Kier molecular flexibility index (Phi) is 6.04. The van der Waals surface area contributed by atoms with Crippen LogP contribution in [0.25, 0.3) is 5.57 Å². The fraction of sp³-hybridized carbons (Fsp3) is 0.250. The van der Waals surface area contributed by atoms with Crippen molar-refractivity contribution >= 4 is 11.5 Å². The molecule has 0 saturated heterocycles. The Balaban J connectivity index is 1.78. The first-order valence-electron chi connectivity index (χ1n) is 10.9. The molecule has 0 spiro atoms. The molecule has 32 heavy (non-hydrogen) atoms. The monoisotopic (exact) mass is 427 g/mol. The molecule has 1 N–H and O–H groups in total. The maximum Gasteiger partial charge on any atom is 0.290 e. The number of hydrogen-bond acceptors (Lipinski definition) is 3. The number of amides is 1. The van der Waals surface area contributed by atoms with Crippen molar-refractivity contribution in [1.82, 2.24) is 4.90 Å². The van der Waals surface area contributed by atoms with Gasteiger partial charge in [-0.3, -0.25) is 4.79 Å². The second-order valence-corrected chi connectivity index (χ2v) is 8.63. The van der Waals surface area contributed by atoms with E-state index in [1.165, 1.54) is 11.1 Å². The van der Waals surface area contributed by atoms with Crippen LogP contribution >= 0.6 is 0 Å². The van der Waals surface area contributed by atoms with Gasteiger partial charge >= 0.3 is 0 Å². The van der Waals surface area contributed by atoms with E-state index in [0.717, 1.165) is 22.4 Å². The van der Waals surface area contributed by atoms with Crippen molar-refractivity contribution in [3.05, 3.63) is 106 Å². The van der Waals surface area contributed by atoms with Crippen LogP contribution in [0.3, 0.4) is 0 Å². The van der Waals surface area contributed by atoms with Gasteiger partial charge in [-0.2, -0.15) is 0 Å². The number of methoxy groups -OCH3 is 1. The molecule has 1 heterocycles. The summed E-state index contributed by atoms with van der Waals surface area (Å²) in [6.45, 7) is 6.77. The van der Waals surface area contributed by atoms with E-state index in [2.05, 4.69) is 38.1 Å². The van der Waals surface area contributed by atoms with E-state index in [1.54, 1.807) is 12.0 Å². The molecule has 1 amide bonds. The molecule has 0 radical (unpaired) electrons. The maximum absolute atomic E-state index is 13.2. The van der Waals surface area contributed by atoms with E-state index < -0.39 is 0 Å². The topological polar surface area (TPSA) is 49.8 Å². The summed E-state index contributed by atoms with van der Waals surface area (Å²) in [6, 6.07) is 23.6. The second-order valence-electron chi connectivity index (χ2n) is 8.63. The van der Waals surface area contributed by atoms with Crippen LogP contribution in [0.5, 0.6) is 5.75 Å². The maximum atomic E-state index is 13.2. The minimum Gasteiger partial charge on any atom is -0.503 e. The quantitative estimate of drug-likeness (QED) is 0.511. The Labute approximate surface area is 189 Å². The smallest absolute Gasteiger partial charge is 0.290 e. The number of aliphatic hydroxyl groups is 1. The van der Waals surface area contributed by atoms with Gasteiger partial charge in [0, 0.05) is 12.1 Å². The van der Waals surface area contributed by atoms with Gasteiger partial charge in [-0.25, -0.2) is 0 Å². The number of benzene rings is 3. The standard InChI is InChI=1S/C28H29NO3/c1-18(2)21-9-11-23(12-10-21)26-25(22-13-15-24(32-4)16-14-22)27(30)28(31)29(26)17-20-7-5-19(3)6-8-20/h5-16,18,26,30H,17H2,1-4H3/t26-/m0/s1. The molecule has 3 aromatic rings. The van der Waals surface area contributed by atoms with Crippen LogP contribution in [0.2, 0.25) is 0 Å². The van der Waals surface area contributed by atoms with Crippen molar-refractivity contribution in [2.24, 2.45) is 0 Å². The van der Waals surface area contributed by atoms with Gasteiger partial charge in [0.15, 0.2) is 5.76 Å². The largest absolute Gasteiger partial charge is 0.503 e. The van der Waals surface area contributed by atoms with Crippen molar-refractivity contribution in [1.29, 1.82) is 0 Å². The number of carbonyl (C=O) groups is 1. The average molecular weight is 428 g/mol. The average Bonchev–Trinajstić information content (AvgIpc) is 3.05. The fourth-order valence-electron chi connectivity index (χ4n) is 4.18. The molecule has 4 heteroatoms. The molecular formula is C28H29NO3. The molecule has 1 atom stereocenters. The van der Waals surface area contributed by atoms with Crippen LogP contribution in [0.15, 0.2) is 78.6 Å². The van der Waals surface area contributed by atoms with Gasteiger partial charge in [0.05, 0.1) is 13.2 Å². The van der Waals surface area contributed by atoms with Crippen LogP contribution in [0, 0.1) is 6.92 Å². The number of aliphatic hydroxyl groups excluding tert-OH is 1. The van der Waals surface area contributed by atoms with Crippen LogP contribution in [-0.4, -0.2) is 23.0 Å². The lowest BCUT2D eigenvalue weighted by Crippen LogP contribution is -2.29. The van der Waals surface area contributed by atoms with Gasteiger partial charge < -0.3 is 14.7 Å². The van der Waals surface area contributed by atoms with Crippen LogP contribution in [0.4, 0.5) is 0 Å². The molecule has 4 rings (SSSR count). The van der Waals surface area contributed by atoms with E-state index in [-0.39, 0.29) is 17.7 Å². The Morgan fingerprint density at radius 1 is 0.938 bits per heavy atom. The van der Waals surface area contributed by atoms with E-state index in [9.17, 15) is 9.90 Å². The summed E-state index contributed by atoms with van der Waals surface area (Å²) in [6.07, 6.45) is 0. The molecule has 164 valence electrons. The first-order chi connectivity index (χ1) is 15.4. The fourth-order valence-corrected chi connectivity index (χ4v) is 4.18. The lowest BCUT2D eigenvalue weighted by atomic mass is 9.91. The highest BCUT2D eigenvalue weighted by atomic mass is 16.5. The number of rotatable bonds is 6. The second kappa shape index (κ2) is 8.91. The first-order valence-corrected chi connectivity index (χ1v) is 10.9. The zero-order valence-electron chi connectivity index (χ0n) is 19.0. The highest BCUT2D eigenvalue weighted by Crippen LogP contribution is 2.44. The summed E-state index contributed by atoms with van der Waals surface area (Å²) in [7, 11) is 1.62. The van der Waals surface area contributed by atoms with E-state index in [1.807, 2.05) is 55.5 Å². The van der Waals surface area contributed by atoms with Crippen molar-refractivity contribution < 1.29 is 14.6 Å². The van der Waals surface area contributed by atoms with Crippen molar-refractivity contribution in [3.63, 3.8) is 0 Å². The predicted octanol–water partition coefficient (Wildman–Crippen LogP) is 6.18. The molecule has 0 unspecified atom stereocenters. The number of ether oxygens (including phenoxy) is 1. The van der Waals surface area contributed by atoms with Crippen LogP contribution in [-0.2, 0) is 11.3 Å². The lowest BCUT2D eigenvalue weighted by Gasteiger charge is -2.28. The minimum absolute atomic E-state index is 0.194. The summed E-state index contributed by atoms with van der Waals surface area (Å²) in [4.78, 5) is 15.0. The molecule has 1 aliphatic heterocycles. The molecule has 0 fully saturated rings. The Morgan fingerprint density at radius 2 is 1.56 bits per heavy atom. The molecule has 4 nitrogen and oxygen atoms in total.